The van der Waals surface area contributed by atoms with Crippen LogP contribution in [0.2, 0.25) is 0 Å². The Morgan fingerprint density at radius 2 is 1.92 bits per heavy atom. The fraction of sp³-hybridized carbons (Fsp3) is 0.520. The first kappa shape index (κ1) is 26.7. The number of sulfone groups is 1. The first-order valence-electron chi connectivity index (χ1n) is 12.5. The minimum absolute atomic E-state index is 0.150. The summed E-state index contributed by atoms with van der Waals surface area (Å²) in [7, 11) is -3.18. The van der Waals surface area contributed by atoms with Crippen molar-refractivity contribution in [2.45, 2.75) is 37.7 Å². The molecule has 2 saturated heterocycles. The van der Waals surface area contributed by atoms with E-state index in [4.69, 9.17) is 20.6 Å². The predicted molar refractivity (Wildman–Crippen MR) is 138 cm³/mol. The van der Waals surface area contributed by atoms with Gasteiger partial charge in [0.25, 0.3) is 0 Å². The number of alkyl halides is 3. The van der Waals surface area contributed by atoms with E-state index in [0.717, 1.165) is 6.07 Å². The molecule has 5 rings (SSSR count). The first-order chi connectivity index (χ1) is 17.9. The van der Waals surface area contributed by atoms with Crippen LogP contribution in [0.3, 0.4) is 0 Å². The standard InChI is InChI=1S/C25H31F3N6O3S/c1-16-17(4-3-5-19(16)25(26,27)28)12-22-21(15-32-7-6-18(14-32)38(2,35)36)30-24-20(29)13-23(31-34(22)24)33-8-10-37-11-9-33/h3-5,13,18H,6-12,14-15,29H2,1-2H3. The molecule has 1 unspecified atom stereocenters. The summed E-state index contributed by atoms with van der Waals surface area (Å²) in [5.41, 5.74) is 8.48. The van der Waals surface area contributed by atoms with E-state index in [0.29, 0.717) is 86.5 Å². The Morgan fingerprint density at radius 1 is 1.18 bits per heavy atom. The van der Waals surface area contributed by atoms with Gasteiger partial charge in [-0.25, -0.2) is 17.9 Å². The quantitative estimate of drug-likeness (QED) is 0.498. The van der Waals surface area contributed by atoms with Gasteiger partial charge in [0.2, 0.25) is 0 Å². The van der Waals surface area contributed by atoms with Gasteiger partial charge in [0, 0.05) is 44.9 Å². The van der Waals surface area contributed by atoms with Gasteiger partial charge in [0.05, 0.1) is 41.1 Å². The van der Waals surface area contributed by atoms with E-state index in [1.54, 1.807) is 16.6 Å². The van der Waals surface area contributed by atoms with Crippen molar-refractivity contribution in [1.82, 2.24) is 19.5 Å². The number of imidazole rings is 1. The first-order valence-corrected chi connectivity index (χ1v) is 14.4. The molecule has 13 heteroatoms. The molecule has 3 aromatic rings. The number of ether oxygens (including phenoxy) is 1. The van der Waals surface area contributed by atoms with Crippen LogP contribution in [-0.4, -0.2) is 78.8 Å². The Balaban J connectivity index is 1.58. The Hall–Kier alpha value is -2.90. The molecule has 0 radical (unpaired) electrons. The Labute approximate surface area is 219 Å². The number of morpholine rings is 1. The maximum absolute atomic E-state index is 13.6. The van der Waals surface area contributed by atoms with Gasteiger partial charge in [-0.05, 0) is 37.1 Å². The van der Waals surface area contributed by atoms with E-state index in [2.05, 4.69) is 4.90 Å². The lowest BCUT2D eigenvalue weighted by atomic mass is 9.98. The van der Waals surface area contributed by atoms with Gasteiger partial charge < -0.3 is 15.4 Å². The molecule has 2 aliphatic heterocycles. The second-order valence-electron chi connectivity index (χ2n) is 10.0. The summed E-state index contributed by atoms with van der Waals surface area (Å²) in [4.78, 5) is 8.83. The van der Waals surface area contributed by atoms with E-state index in [1.807, 2.05) is 4.90 Å². The lowest BCUT2D eigenvalue weighted by Crippen LogP contribution is -2.37. The molecule has 0 spiro atoms. The average molecular weight is 553 g/mol. The van der Waals surface area contributed by atoms with Crippen LogP contribution in [0.5, 0.6) is 0 Å². The highest BCUT2D eigenvalue weighted by molar-refractivity contribution is 7.91. The van der Waals surface area contributed by atoms with Gasteiger partial charge in [-0.2, -0.15) is 13.2 Å². The van der Waals surface area contributed by atoms with Crippen LogP contribution >= 0.6 is 0 Å². The normalized spacial score (nSPS) is 19.5. The van der Waals surface area contributed by atoms with E-state index in [9.17, 15) is 21.6 Å². The molecule has 0 aliphatic carbocycles. The second kappa shape index (κ2) is 10.0. The van der Waals surface area contributed by atoms with E-state index >= 15 is 0 Å². The molecule has 2 fully saturated rings. The molecule has 2 N–H and O–H groups in total. The Morgan fingerprint density at radius 3 is 2.58 bits per heavy atom. The van der Waals surface area contributed by atoms with Gasteiger partial charge >= 0.3 is 6.18 Å². The highest BCUT2D eigenvalue weighted by Gasteiger charge is 2.34. The zero-order chi connectivity index (χ0) is 27.2. The van der Waals surface area contributed by atoms with Gasteiger partial charge in [-0.3, -0.25) is 4.90 Å². The second-order valence-corrected chi connectivity index (χ2v) is 12.4. The summed E-state index contributed by atoms with van der Waals surface area (Å²) in [6.45, 7) is 5.16. The third-order valence-electron chi connectivity index (χ3n) is 7.43. The van der Waals surface area contributed by atoms with Crippen LogP contribution in [0.25, 0.3) is 5.65 Å². The predicted octanol–water partition coefficient (Wildman–Crippen LogP) is 2.69. The number of fused-ring (bicyclic) bond motifs is 1. The number of nitrogen functional groups attached to an aromatic ring is 1. The van der Waals surface area contributed by atoms with E-state index in [-0.39, 0.29) is 12.0 Å². The van der Waals surface area contributed by atoms with Crippen molar-refractivity contribution >= 4 is 27.0 Å². The summed E-state index contributed by atoms with van der Waals surface area (Å²) < 4.78 is 72.2. The Bertz CT molecular complexity index is 1450. The summed E-state index contributed by atoms with van der Waals surface area (Å²) in [6.07, 6.45) is -2.54. The molecule has 0 saturated carbocycles. The van der Waals surface area contributed by atoms with Crippen molar-refractivity contribution in [2.24, 2.45) is 0 Å². The van der Waals surface area contributed by atoms with Crippen molar-refractivity contribution in [3.05, 3.63) is 52.3 Å². The molecule has 2 aromatic heterocycles. The molecule has 4 heterocycles. The highest BCUT2D eigenvalue weighted by atomic mass is 32.2. The average Bonchev–Trinajstić information content (AvgIpc) is 3.46. The summed E-state index contributed by atoms with van der Waals surface area (Å²) >= 11 is 0. The molecule has 206 valence electrons. The van der Waals surface area contributed by atoms with Gasteiger partial charge in [0.1, 0.15) is 0 Å². The number of nitrogens with two attached hydrogens (primary N) is 1. The van der Waals surface area contributed by atoms with Crippen molar-refractivity contribution in [3.63, 3.8) is 0 Å². The fourth-order valence-corrected chi connectivity index (χ4v) is 6.25. The van der Waals surface area contributed by atoms with E-state index in [1.165, 1.54) is 19.2 Å². The number of hydrogen-bond acceptors (Lipinski definition) is 8. The number of anilines is 2. The molecular formula is C25H31F3N6O3S. The lowest BCUT2D eigenvalue weighted by Gasteiger charge is -2.28. The zero-order valence-corrected chi connectivity index (χ0v) is 22.1. The lowest BCUT2D eigenvalue weighted by molar-refractivity contribution is -0.138. The molecule has 0 bridgehead atoms. The monoisotopic (exact) mass is 552 g/mol. The largest absolute Gasteiger partial charge is 0.416 e. The van der Waals surface area contributed by atoms with Gasteiger partial charge in [-0.1, -0.05) is 12.1 Å². The third kappa shape index (κ3) is 5.32. The summed E-state index contributed by atoms with van der Waals surface area (Å²) in [6, 6.07) is 5.92. The minimum atomic E-state index is -4.47. The summed E-state index contributed by atoms with van der Waals surface area (Å²) in [5, 5.41) is 4.36. The smallest absolute Gasteiger partial charge is 0.396 e. The Kier molecular flexibility index (Phi) is 7.03. The van der Waals surface area contributed by atoms with Gasteiger partial charge in [0.15, 0.2) is 21.3 Å². The number of halogens is 3. The topological polar surface area (TPSA) is 106 Å². The van der Waals surface area contributed by atoms with Crippen LogP contribution < -0.4 is 10.6 Å². The van der Waals surface area contributed by atoms with Gasteiger partial charge in [-0.15, -0.1) is 5.10 Å². The number of hydrogen-bond donors (Lipinski definition) is 1. The molecule has 1 atom stereocenters. The molecule has 0 amide bonds. The number of rotatable bonds is 6. The van der Waals surface area contributed by atoms with Crippen LogP contribution in [-0.2, 0) is 33.7 Å². The molecule has 9 nitrogen and oxygen atoms in total. The highest BCUT2D eigenvalue weighted by Crippen LogP contribution is 2.34. The number of nitrogens with zero attached hydrogens (tertiary/aromatic N) is 5. The van der Waals surface area contributed by atoms with Crippen molar-refractivity contribution in [1.29, 1.82) is 0 Å². The van der Waals surface area contributed by atoms with Crippen LogP contribution in [0, 0.1) is 6.92 Å². The molecular weight excluding hydrogens is 521 g/mol. The maximum Gasteiger partial charge on any atom is 0.416 e. The SMILES string of the molecule is Cc1c(Cc2c(CN3CCC(S(C)(=O)=O)C3)nc3c(N)cc(N4CCOCC4)nn23)cccc1C(F)(F)F. The van der Waals surface area contributed by atoms with Crippen molar-refractivity contribution in [2.75, 3.05) is 56.3 Å². The van der Waals surface area contributed by atoms with Crippen LogP contribution in [0.1, 0.15) is 34.5 Å². The van der Waals surface area contributed by atoms with E-state index < -0.39 is 26.8 Å². The zero-order valence-electron chi connectivity index (χ0n) is 21.3. The maximum atomic E-state index is 13.6. The minimum Gasteiger partial charge on any atom is -0.396 e. The van der Waals surface area contributed by atoms with Crippen LogP contribution in [0.4, 0.5) is 24.7 Å². The number of benzene rings is 1. The molecule has 38 heavy (non-hydrogen) atoms. The molecule has 2 aliphatic rings. The number of likely N-dealkylation sites (tertiary alicyclic amines) is 1. The molecule has 1 aromatic carbocycles. The van der Waals surface area contributed by atoms with Crippen molar-refractivity contribution < 1.29 is 26.3 Å². The third-order valence-corrected chi connectivity index (χ3v) is 9.02. The fourth-order valence-electron chi connectivity index (χ4n) is 5.23. The van der Waals surface area contributed by atoms with Crippen molar-refractivity contribution in [3.8, 4) is 0 Å². The number of aromatic nitrogens is 3. The summed E-state index contributed by atoms with van der Waals surface area (Å²) in [5.74, 6) is 0.641. The van der Waals surface area contributed by atoms with Crippen LogP contribution in [0.15, 0.2) is 24.3 Å².